The Kier molecular flexibility index (Phi) is 4.28. The van der Waals surface area contributed by atoms with Gasteiger partial charge in [0, 0.05) is 21.6 Å². The zero-order chi connectivity index (χ0) is 13.0. The molecule has 2 aromatic rings. The molecule has 0 aliphatic carbocycles. The van der Waals surface area contributed by atoms with Gasteiger partial charge in [0.1, 0.15) is 5.82 Å². The van der Waals surface area contributed by atoms with Gasteiger partial charge in [-0.15, -0.1) is 11.3 Å². The zero-order valence-corrected chi connectivity index (χ0v) is 12.1. The molecule has 92 valence electrons. The van der Waals surface area contributed by atoms with E-state index in [0.29, 0.717) is 5.82 Å². The number of nitrogens with zero attached hydrogens (tertiary/aromatic N) is 1. The Bertz CT molecular complexity index is 579. The molecule has 0 aliphatic heterocycles. The first-order valence-electron chi connectivity index (χ1n) is 5.30. The molecule has 0 bridgehead atoms. The van der Waals surface area contributed by atoms with Crippen LogP contribution in [0.25, 0.3) is 6.08 Å². The normalized spacial score (nSPS) is 10.8. The van der Waals surface area contributed by atoms with E-state index in [9.17, 15) is 4.79 Å². The molecule has 1 N–H and O–H groups in total. The highest BCUT2D eigenvalue weighted by molar-refractivity contribution is 9.10. The fourth-order valence-corrected chi connectivity index (χ4v) is 2.15. The van der Waals surface area contributed by atoms with Crippen molar-refractivity contribution in [2.75, 3.05) is 5.32 Å². The fraction of sp³-hybridized carbons (Fsp3) is 0.0769. The van der Waals surface area contributed by atoms with E-state index < -0.39 is 0 Å². The molecule has 2 heterocycles. The molecule has 0 saturated carbocycles. The second kappa shape index (κ2) is 5.93. The van der Waals surface area contributed by atoms with Crippen molar-refractivity contribution in [3.8, 4) is 0 Å². The smallest absolute Gasteiger partial charge is 0.249 e. The van der Waals surface area contributed by atoms with Crippen LogP contribution in [-0.4, -0.2) is 10.9 Å². The minimum atomic E-state index is -0.183. The largest absolute Gasteiger partial charge is 0.307 e. The minimum absolute atomic E-state index is 0.183. The van der Waals surface area contributed by atoms with Crippen molar-refractivity contribution < 1.29 is 4.79 Å². The Balaban J connectivity index is 2.01. The maximum Gasteiger partial charge on any atom is 0.249 e. The molecule has 0 aromatic carbocycles. The Labute approximate surface area is 118 Å². The van der Waals surface area contributed by atoms with E-state index >= 15 is 0 Å². The Morgan fingerprint density at radius 1 is 1.56 bits per heavy atom. The SMILES string of the molecule is Cc1cc(NC(=O)C=Cc2cccs2)ncc1Br. The van der Waals surface area contributed by atoms with Gasteiger partial charge in [-0.3, -0.25) is 4.79 Å². The third-order valence-electron chi connectivity index (χ3n) is 2.24. The molecule has 0 spiro atoms. The summed E-state index contributed by atoms with van der Waals surface area (Å²) in [6, 6.07) is 5.72. The number of hydrogen-bond donors (Lipinski definition) is 1. The lowest BCUT2D eigenvalue weighted by molar-refractivity contribution is -0.111. The highest BCUT2D eigenvalue weighted by Gasteiger charge is 2.01. The molecule has 5 heteroatoms. The van der Waals surface area contributed by atoms with Crippen LogP contribution < -0.4 is 5.32 Å². The molecular weight excluding hydrogens is 312 g/mol. The first kappa shape index (κ1) is 13.0. The Morgan fingerprint density at radius 3 is 3.06 bits per heavy atom. The monoisotopic (exact) mass is 322 g/mol. The lowest BCUT2D eigenvalue weighted by Crippen LogP contribution is -2.09. The lowest BCUT2D eigenvalue weighted by atomic mass is 10.3. The molecule has 0 saturated heterocycles. The van der Waals surface area contributed by atoms with Gasteiger partial charge in [0.25, 0.3) is 0 Å². The van der Waals surface area contributed by atoms with E-state index in [4.69, 9.17) is 0 Å². The lowest BCUT2D eigenvalue weighted by Gasteiger charge is -2.03. The molecule has 0 radical (unpaired) electrons. The van der Waals surface area contributed by atoms with Gasteiger partial charge in [-0.2, -0.15) is 0 Å². The molecule has 18 heavy (non-hydrogen) atoms. The number of pyridine rings is 1. The summed E-state index contributed by atoms with van der Waals surface area (Å²) in [6.07, 6.45) is 4.96. The van der Waals surface area contributed by atoms with Gasteiger partial charge < -0.3 is 5.32 Å². The number of carbonyl (C=O) groups is 1. The summed E-state index contributed by atoms with van der Waals surface area (Å²) in [5.41, 5.74) is 1.03. The molecular formula is C13H11BrN2OS. The first-order chi connectivity index (χ1) is 8.65. The number of thiophene rings is 1. The predicted molar refractivity (Wildman–Crippen MR) is 78.7 cm³/mol. The van der Waals surface area contributed by atoms with Crippen LogP contribution in [-0.2, 0) is 4.79 Å². The Morgan fingerprint density at radius 2 is 2.39 bits per heavy atom. The molecule has 3 nitrogen and oxygen atoms in total. The molecule has 0 atom stereocenters. The van der Waals surface area contributed by atoms with Gasteiger partial charge in [0.2, 0.25) is 5.91 Å². The Hall–Kier alpha value is -1.46. The molecule has 0 unspecified atom stereocenters. The van der Waals surface area contributed by atoms with Crippen LogP contribution in [0, 0.1) is 6.92 Å². The van der Waals surface area contributed by atoms with Crippen LogP contribution in [0.4, 0.5) is 5.82 Å². The second-order valence-electron chi connectivity index (χ2n) is 3.66. The van der Waals surface area contributed by atoms with E-state index in [0.717, 1.165) is 14.9 Å². The van der Waals surface area contributed by atoms with E-state index in [2.05, 4.69) is 26.2 Å². The van der Waals surface area contributed by atoms with Crippen LogP contribution in [0.5, 0.6) is 0 Å². The quantitative estimate of drug-likeness (QED) is 0.872. The van der Waals surface area contributed by atoms with Gasteiger partial charge in [0.05, 0.1) is 0 Å². The van der Waals surface area contributed by atoms with Gasteiger partial charge >= 0.3 is 0 Å². The maximum absolute atomic E-state index is 11.7. The highest BCUT2D eigenvalue weighted by Crippen LogP contribution is 2.17. The zero-order valence-electron chi connectivity index (χ0n) is 9.68. The van der Waals surface area contributed by atoms with Crippen molar-refractivity contribution >= 4 is 45.1 Å². The summed E-state index contributed by atoms with van der Waals surface area (Å²) < 4.78 is 0.926. The average molecular weight is 323 g/mol. The van der Waals surface area contributed by atoms with E-state index in [1.165, 1.54) is 6.08 Å². The number of aryl methyl sites for hydroxylation is 1. The molecule has 2 rings (SSSR count). The van der Waals surface area contributed by atoms with Crippen LogP contribution in [0.15, 0.2) is 40.3 Å². The van der Waals surface area contributed by atoms with Crippen LogP contribution in [0.1, 0.15) is 10.4 Å². The van der Waals surface area contributed by atoms with Gasteiger partial charge in [-0.1, -0.05) is 6.07 Å². The van der Waals surface area contributed by atoms with E-state index in [1.807, 2.05) is 30.5 Å². The summed E-state index contributed by atoms with van der Waals surface area (Å²) in [7, 11) is 0. The predicted octanol–water partition coefficient (Wildman–Crippen LogP) is 3.87. The van der Waals surface area contributed by atoms with Crippen molar-refractivity contribution in [3.63, 3.8) is 0 Å². The second-order valence-corrected chi connectivity index (χ2v) is 5.49. The number of anilines is 1. The number of carbonyl (C=O) groups excluding carboxylic acids is 1. The first-order valence-corrected chi connectivity index (χ1v) is 6.97. The van der Waals surface area contributed by atoms with E-state index in [1.54, 1.807) is 23.6 Å². The van der Waals surface area contributed by atoms with Crippen LogP contribution in [0.2, 0.25) is 0 Å². The summed E-state index contributed by atoms with van der Waals surface area (Å²) in [6.45, 7) is 1.95. The number of aromatic nitrogens is 1. The molecule has 0 fully saturated rings. The van der Waals surface area contributed by atoms with Crippen molar-refractivity contribution in [1.29, 1.82) is 0 Å². The van der Waals surface area contributed by atoms with Crippen molar-refractivity contribution in [2.24, 2.45) is 0 Å². The number of rotatable bonds is 3. The summed E-state index contributed by atoms with van der Waals surface area (Å²) in [4.78, 5) is 16.8. The molecule has 0 aliphatic rings. The van der Waals surface area contributed by atoms with Crippen molar-refractivity contribution in [3.05, 3.63) is 50.8 Å². The molecule has 2 aromatic heterocycles. The third-order valence-corrected chi connectivity index (χ3v) is 3.91. The van der Waals surface area contributed by atoms with Gasteiger partial charge in [0.15, 0.2) is 0 Å². The summed E-state index contributed by atoms with van der Waals surface area (Å²) in [5.74, 6) is 0.370. The van der Waals surface area contributed by atoms with Crippen molar-refractivity contribution in [1.82, 2.24) is 4.98 Å². The van der Waals surface area contributed by atoms with Gasteiger partial charge in [-0.05, 0) is 52.0 Å². The highest BCUT2D eigenvalue weighted by atomic mass is 79.9. The topological polar surface area (TPSA) is 42.0 Å². The number of amides is 1. The van der Waals surface area contributed by atoms with Crippen LogP contribution >= 0.6 is 27.3 Å². The standard InChI is InChI=1S/C13H11BrN2OS/c1-9-7-12(15-8-11(9)14)16-13(17)5-4-10-3-2-6-18-10/h2-8H,1H3,(H,15,16,17). The third kappa shape index (κ3) is 3.51. The number of halogens is 1. The maximum atomic E-state index is 11.7. The average Bonchev–Trinajstić information content (AvgIpc) is 2.84. The fourth-order valence-electron chi connectivity index (χ4n) is 1.32. The van der Waals surface area contributed by atoms with Crippen LogP contribution in [0.3, 0.4) is 0 Å². The minimum Gasteiger partial charge on any atom is -0.307 e. The summed E-state index contributed by atoms with van der Waals surface area (Å²) in [5, 5.41) is 4.69. The summed E-state index contributed by atoms with van der Waals surface area (Å²) >= 11 is 4.95. The number of hydrogen-bond acceptors (Lipinski definition) is 3. The number of nitrogens with one attached hydrogen (secondary N) is 1. The van der Waals surface area contributed by atoms with Gasteiger partial charge in [-0.25, -0.2) is 4.98 Å². The van der Waals surface area contributed by atoms with Crippen molar-refractivity contribution in [2.45, 2.75) is 6.92 Å². The van der Waals surface area contributed by atoms with E-state index in [-0.39, 0.29) is 5.91 Å². The molecule has 1 amide bonds.